The van der Waals surface area contributed by atoms with Gasteiger partial charge in [0.1, 0.15) is 5.75 Å². The predicted octanol–water partition coefficient (Wildman–Crippen LogP) is 4.05. The Labute approximate surface area is 108 Å². The van der Waals surface area contributed by atoms with Crippen LogP contribution in [0.2, 0.25) is 5.02 Å². The number of alkyl halides is 3. The highest BCUT2D eigenvalue weighted by Crippen LogP contribution is 2.32. The molecule has 7 heteroatoms. The Morgan fingerprint density at radius 3 is 2.44 bits per heavy atom. The molecule has 0 aliphatic heterocycles. The van der Waals surface area contributed by atoms with E-state index in [2.05, 4.69) is 4.74 Å². The Morgan fingerprint density at radius 1 is 1.44 bits per heavy atom. The Morgan fingerprint density at radius 2 is 2.00 bits per heavy atom. The highest BCUT2D eigenvalue weighted by atomic mass is 127. The maximum Gasteiger partial charge on any atom is 0.573 e. The highest BCUT2D eigenvalue weighted by molar-refractivity contribution is 14.1. The second-order valence-corrected chi connectivity index (χ2v) is 4.44. The van der Waals surface area contributed by atoms with Crippen LogP contribution in [0.1, 0.15) is 17.3 Å². The van der Waals surface area contributed by atoms with E-state index in [9.17, 15) is 18.0 Å². The first-order chi connectivity index (χ1) is 7.20. The van der Waals surface area contributed by atoms with Crippen molar-refractivity contribution in [3.63, 3.8) is 0 Å². The number of carbonyl (C=O) groups excluding carboxylic acids is 1. The van der Waals surface area contributed by atoms with Crippen molar-refractivity contribution in [2.45, 2.75) is 13.3 Å². The highest BCUT2D eigenvalue weighted by Gasteiger charge is 2.33. The first-order valence-electron chi connectivity index (χ1n) is 3.96. The van der Waals surface area contributed by atoms with Crippen LogP contribution in [0.15, 0.2) is 12.1 Å². The molecule has 0 atom stereocenters. The molecule has 1 aromatic rings. The van der Waals surface area contributed by atoms with Gasteiger partial charge in [-0.15, -0.1) is 13.2 Å². The largest absolute Gasteiger partial charge is 0.573 e. The second kappa shape index (κ2) is 4.79. The molecule has 1 rings (SSSR count). The SMILES string of the molecule is CC(=O)c1cc(Cl)c(I)cc1OC(F)(F)F. The summed E-state index contributed by atoms with van der Waals surface area (Å²) in [6, 6.07) is 2.24. The molecule has 0 saturated heterocycles. The fourth-order valence-electron chi connectivity index (χ4n) is 1.01. The summed E-state index contributed by atoms with van der Waals surface area (Å²) in [4.78, 5) is 11.1. The fourth-order valence-corrected chi connectivity index (χ4v) is 1.62. The molecule has 88 valence electrons. The zero-order chi connectivity index (χ0) is 12.5. The molecular formula is C9H5ClF3IO2. The van der Waals surface area contributed by atoms with Crippen LogP contribution in [0.4, 0.5) is 13.2 Å². The molecule has 0 amide bonds. The number of ketones is 1. The molecule has 0 fully saturated rings. The lowest BCUT2D eigenvalue weighted by atomic mass is 10.1. The van der Waals surface area contributed by atoms with Crippen LogP contribution in [0, 0.1) is 3.57 Å². The zero-order valence-electron chi connectivity index (χ0n) is 7.86. The third kappa shape index (κ3) is 3.51. The number of carbonyl (C=O) groups is 1. The molecule has 16 heavy (non-hydrogen) atoms. The van der Waals surface area contributed by atoms with Crippen LogP contribution in [-0.4, -0.2) is 12.1 Å². The van der Waals surface area contributed by atoms with E-state index in [0.717, 1.165) is 19.1 Å². The van der Waals surface area contributed by atoms with Crippen molar-refractivity contribution in [1.29, 1.82) is 0 Å². The number of halogens is 5. The van der Waals surface area contributed by atoms with Gasteiger partial charge in [0.2, 0.25) is 0 Å². The van der Waals surface area contributed by atoms with Gasteiger partial charge in [-0.25, -0.2) is 0 Å². The van der Waals surface area contributed by atoms with E-state index in [1.165, 1.54) is 0 Å². The molecule has 0 aromatic heterocycles. The lowest BCUT2D eigenvalue weighted by Gasteiger charge is -2.12. The molecule has 0 bridgehead atoms. The van der Waals surface area contributed by atoms with Crippen LogP contribution in [0.5, 0.6) is 5.75 Å². The van der Waals surface area contributed by atoms with Crippen LogP contribution in [-0.2, 0) is 0 Å². The molecule has 0 heterocycles. The van der Waals surface area contributed by atoms with Gasteiger partial charge in [0, 0.05) is 3.57 Å². The number of hydrogen-bond donors (Lipinski definition) is 0. The number of hydrogen-bond acceptors (Lipinski definition) is 2. The maximum absolute atomic E-state index is 12.0. The molecule has 2 nitrogen and oxygen atoms in total. The minimum Gasteiger partial charge on any atom is -0.405 e. The van der Waals surface area contributed by atoms with Crippen molar-refractivity contribution < 1.29 is 22.7 Å². The van der Waals surface area contributed by atoms with E-state index in [0.29, 0.717) is 3.57 Å². The van der Waals surface area contributed by atoms with Gasteiger partial charge >= 0.3 is 6.36 Å². The van der Waals surface area contributed by atoms with Gasteiger partial charge < -0.3 is 4.74 Å². The lowest BCUT2D eigenvalue weighted by Crippen LogP contribution is -2.19. The first-order valence-corrected chi connectivity index (χ1v) is 5.42. The number of rotatable bonds is 2. The van der Waals surface area contributed by atoms with E-state index in [1.807, 2.05) is 0 Å². The Bertz CT molecular complexity index is 431. The minimum absolute atomic E-state index is 0.192. The molecule has 0 N–H and O–H groups in total. The minimum atomic E-state index is -4.83. The molecule has 0 aliphatic carbocycles. The molecule has 0 aliphatic rings. The van der Waals surface area contributed by atoms with Crippen LogP contribution in [0.25, 0.3) is 0 Å². The summed E-state index contributed by atoms with van der Waals surface area (Å²) < 4.78 is 40.3. The van der Waals surface area contributed by atoms with E-state index in [-0.39, 0.29) is 10.6 Å². The van der Waals surface area contributed by atoms with Gasteiger partial charge in [0.15, 0.2) is 5.78 Å². The van der Waals surface area contributed by atoms with Gasteiger partial charge in [-0.3, -0.25) is 4.79 Å². The molecule has 0 spiro atoms. The van der Waals surface area contributed by atoms with Crippen LogP contribution in [0.3, 0.4) is 0 Å². The molecule has 0 radical (unpaired) electrons. The third-order valence-corrected chi connectivity index (χ3v) is 3.15. The van der Waals surface area contributed by atoms with Crippen molar-refractivity contribution in [3.8, 4) is 5.75 Å². The van der Waals surface area contributed by atoms with E-state index >= 15 is 0 Å². The van der Waals surface area contributed by atoms with Gasteiger partial charge in [0.25, 0.3) is 0 Å². The van der Waals surface area contributed by atoms with Crippen LogP contribution < -0.4 is 4.74 Å². The molecule has 0 unspecified atom stereocenters. The summed E-state index contributed by atoms with van der Waals surface area (Å²) in [7, 11) is 0. The molecular weight excluding hydrogens is 359 g/mol. The molecule has 1 aromatic carbocycles. The fraction of sp³-hybridized carbons (Fsp3) is 0.222. The van der Waals surface area contributed by atoms with Gasteiger partial charge in [-0.1, -0.05) is 11.6 Å². The van der Waals surface area contributed by atoms with E-state index in [1.54, 1.807) is 22.6 Å². The first kappa shape index (κ1) is 13.6. The smallest absolute Gasteiger partial charge is 0.405 e. The normalized spacial score (nSPS) is 11.4. The van der Waals surface area contributed by atoms with Gasteiger partial charge in [-0.2, -0.15) is 0 Å². The summed E-state index contributed by atoms with van der Waals surface area (Å²) >= 11 is 7.46. The van der Waals surface area contributed by atoms with Crippen LogP contribution >= 0.6 is 34.2 Å². The lowest BCUT2D eigenvalue weighted by molar-refractivity contribution is -0.274. The average Bonchev–Trinajstić information content (AvgIpc) is 2.07. The monoisotopic (exact) mass is 364 g/mol. The summed E-state index contributed by atoms with van der Waals surface area (Å²) in [5, 5.41) is 0.209. The van der Waals surface area contributed by atoms with Gasteiger partial charge in [-0.05, 0) is 41.6 Å². The summed E-state index contributed by atoms with van der Waals surface area (Å²) in [6.07, 6.45) is -4.83. The van der Waals surface area contributed by atoms with E-state index < -0.39 is 17.9 Å². The zero-order valence-corrected chi connectivity index (χ0v) is 10.8. The van der Waals surface area contributed by atoms with Crippen molar-refractivity contribution in [3.05, 3.63) is 26.3 Å². The summed E-state index contributed by atoms with van der Waals surface area (Å²) in [6.45, 7) is 1.14. The summed E-state index contributed by atoms with van der Waals surface area (Å²) in [5.74, 6) is -1.08. The average molecular weight is 364 g/mol. The third-order valence-electron chi connectivity index (χ3n) is 1.63. The van der Waals surface area contributed by atoms with Crippen molar-refractivity contribution in [1.82, 2.24) is 0 Å². The summed E-state index contributed by atoms with van der Waals surface area (Å²) in [5.41, 5.74) is -0.192. The van der Waals surface area contributed by atoms with Gasteiger partial charge in [0.05, 0.1) is 10.6 Å². The topological polar surface area (TPSA) is 26.3 Å². The van der Waals surface area contributed by atoms with Crippen molar-refractivity contribution in [2.24, 2.45) is 0 Å². The van der Waals surface area contributed by atoms with Crippen molar-refractivity contribution >= 4 is 40.0 Å². The van der Waals surface area contributed by atoms with E-state index in [4.69, 9.17) is 11.6 Å². The Kier molecular flexibility index (Phi) is 4.06. The number of Topliss-reactive ketones (excluding diaryl/α,β-unsaturated/α-hetero) is 1. The maximum atomic E-state index is 12.0. The Balaban J connectivity index is 3.25. The standard InChI is InChI=1S/C9H5ClF3IO2/c1-4(15)5-2-6(10)7(14)3-8(5)16-9(11,12)13/h2-3H,1H3. The molecule has 0 saturated carbocycles. The second-order valence-electron chi connectivity index (χ2n) is 2.87. The van der Waals surface area contributed by atoms with Crippen molar-refractivity contribution in [2.75, 3.05) is 0 Å². The predicted molar refractivity (Wildman–Crippen MR) is 60.9 cm³/mol. The quantitative estimate of drug-likeness (QED) is 0.585. The number of benzene rings is 1. The number of ether oxygens (including phenoxy) is 1. The Hall–Kier alpha value is -0.500.